The largest absolute Gasteiger partial charge is 0.318 e. The molecule has 1 amide bonds. The summed E-state index contributed by atoms with van der Waals surface area (Å²) in [4.78, 5) is 18.2. The summed E-state index contributed by atoms with van der Waals surface area (Å²) >= 11 is 5.02. The number of aromatic nitrogens is 1. The quantitative estimate of drug-likeness (QED) is 0.299. The third kappa shape index (κ3) is 4.52. The Labute approximate surface area is 249 Å². The molecule has 1 aliphatic heterocycles. The highest BCUT2D eigenvalue weighted by atomic mass is 79.9. The normalized spacial score (nSPS) is 29.1. The summed E-state index contributed by atoms with van der Waals surface area (Å²) in [5, 5.41) is 3.56. The van der Waals surface area contributed by atoms with Gasteiger partial charge in [0.25, 0.3) is 5.91 Å². The fourth-order valence-corrected chi connectivity index (χ4v) is 9.55. The van der Waals surface area contributed by atoms with Gasteiger partial charge in [0.1, 0.15) is 0 Å². The number of amidine groups is 1. The number of hydrogen-bond acceptors (Lipinski definition) is 3. The molecular formula is C34H36BrN3OS. The lowest BCUT2D eigenvalue weighted by Gasteiger charge is -2.57. The van der Waals surface area contributed by atoms with E-state index in [0.29, 0.717) is 15.5 Å². The van der Waals surface area contributed by atoms with E-state index in [0.717, 1.165) is 50.3 Å². The summed E-state index contributed by atoms with van der Waals surface area (Å²) < 4.78 is 3.41. The van der Waals surface area contributed by atoms with Crippen LogP contribution in [0.2, 0.25) is 0 Å². The van der Waals surface area contributed by atoms with Crippen LogP contribution in [0, 0.1) is 45.4 Å². The number of benzene rings is 2. The third-order valence-corrected chi connectivity index (χ3v) is 12.0. The number of halogens is 1. The lowest BCUT2D eigenvalue weighted by atomic mass is 9.48. The van der Waals surface area contributed by atoms with Crippen LogP contribution < -0.4 is 5.32 Å². The molecule has 2 aromatic carbocycles. The zero-order chi connectivity index (χ0) is 27.8. The predicted molar refractivity (Wildman–Crippen MR) is 170 cm³/mol. The van der Waals surface area contributed by atoms with Gasteiger partial charge in [-0.1, -0.05) is 28.1 Å². The van der Waals surface area contributed by atoms with Crippen molar-refractivity contribution in [3.63, 3.8) is 0 Å². The Morgan fingerprint density at radius 3 is 2.15 bits per heavy atom. The summed E-state index contributed by atoms with van der Waals surface area (Å²) in [7, 11) is 0. The fourth-order valence-electron chi connectivity index (χ4n) is 8.49. The number of amides is 1. The van der Waals surface area contributed by atoms with Gasteiger partial charge in [0.05, 0.1) is 10.6 Å². The molecule has 0 spiro atoms. The van der Waals surface area contributed by atoms with Crippen molar-refractivity contribution in [2.24, 2.45) is 22.7 Å². The van der Waals surface area contributed by atoms with E-state index in [9.17, 15) is 4.79 Å². The number of rotatable bonds is 4. The zero-order valence-electron chi connectivity index (χ0n) is 23.7. The molecular weight excluding hydrogens is 578 g/mol. The minimum atomic E-state index is -0.0981. The monoisotopic (exact) mass is 613 g/mol. The molecule has 0 atom stereocenters. The second-order valence-electron chi connectivity index (χ2n) is 12.8. The number of carbonyl (C=O) groups excluding carboxylic acids is 1. The number of aliphatic imine (C=N–C) groups is 1. The highest BCUT2D eigenvalue weighted by molar-refractivity contribution is 9.10. The van der Waals surface area contributed by atoms with Crippen LogP contribution in [0.3, 0.4) is 0 Å². The van der Waals surface area contributed by atoms with Crippen molar-refractivity contribution >= 4 is 50.5 Å². The summed E-state index contributed by atoms with van der Waals surface area (Å²) in [5.41, 5.74) is 9.65. The summed E-state index contributed by atoms with van der Waals surface area (Å²) in [6.45, 7) is 8.40. The van der Waals surface area contributed by atoms with E-state index in [-0.39, 0.29) is 5.91 Å². The first-order chi connectivity index (χ1) is 19.2. The molecule has 4 aliphatic carbocycles. The highest BCUT2D eigenvalue weighted by Crippen LogP contribution is 2.60. The first kappa shape index (κ1) is 26.3. The van der Waals surface area contributed by atoms with E-state index in [4.69, 9.17) is 4.99 Å². The maximum absolute atomic E-state index is 12.8. The molecule has 4 bridgehead atoms. The molecule has 40 heavy (non-hydrogen) atoms. The molecule has 1 aromatic heterocycles. The summed E-state index contributed by atoms with van der Waals surface area (Å²) in [6, 6.07) is 15.7. The number of aryl methyl sites for hydroxylation is 3. The number of carbonyl (C=O) groups is 1. The van der Waals surface area contributed by atoms with Gasteiger partial charge in [0.15, 0.2) is 5.17 Å². The number of nitrogens with one attached hydrogen (secondary N) is 1. The first-order valence-corrected chi connectivity index (χ1v) is 16.1. The molecule has 6 heteroatoms. The fraction of sp³-hybridized carbons (Fsp3) is 0.412. The van der Waals surface area contributed by atoms with Crippen molar-refractivity contribution in [2.45, 2.75) is 71.6 Å². The molecule has 4 nitrogen and oxygen atoms in total. The van der Waals surface area contributed by atoms with E-state index < -0.39 is 0 Å². The topological polar surface area (TPSA) is 46.4 Å². The number of thioether (sulfide) groups is 1. The Morgan fingerprint density at radius 1 is 0.950 bits per heavy atom. The second kappa shape index (κ2) is 9.77. The van der Waals surface area contributed by atoms with Gasteiger partial charge in [0.2, 0.25) is 0 Å². The Kier molecular flexibility index (Phi) is 6.43. The van der Waals surface area contributed by atoms with Gasteiger partial charge in [-0.2, -0.15) is 0 Å². The molecule has 3 aromatic rings. The van der Waals surface area contributed by atoms with Crippen LogP contribution in [-0.4, -0.2) is 15.6 Å². The Hall–Kier alpha value is -2.57. The van der Waals surface area contributed by atoms with Crippen molar-refractivity contribution < 1.29 is 4.79 Å². The Bertz CT molecular complexity index is 1540. The van der Waals surface area contributed by atoms with Crippen LogP contribution in [-0.2, 0) is 10.2 Å². The minimum absolute atomic E-state index is 0.0981. The van der Waals surface area contributed by atoms with Crippen LogP contribution in [0.5, 0.6) is 0 Å². The summed E-state index contributed by atoms with van der Waals surface area (Å²) in [5.74, 6) is 2.76. The summed E-state index contributed by atoms with van der Waals surface area (Å²) in [6.07, 6.45) is 10.6. The van der Waals surface area contributed by atoms with Gasteiger partial charge in [-0.05, 0) is 160 Å². The maximum atomic E-state index is 12.8. The minimum Gasteiger partial charge on any atom is -0.318 e. The predicted octanol–water partition coefficient (Wildman–Crippen LogP) is 8.83. The number of nitrogens with zero attached hydrogens (tertiary/aromatic N) is 2. The molecule has 0 unspecified atom stereocenters. The van der Waals surface area contributed by atoms with Crippen LogP contribution >= 0.6 is 27.7 Å². The van der Waals surface area contributed by atoms with E-state index in [1.54, 1.807) is 5.56 Å². The van der Waals surface area contributed by atoms with Crippen molar-refractivity contribution in [1.82, 2.24) is 9.88 Å². The molecule has 206 valence electrons. The van der Waals surface area contributed by atoms with Crippen LogP contribution in [0.4, 0.5) is 5.69 Å². The average Bonchev–Trinajstić information content (AvgIpc) is 3.38. The van der Waals surface area contributed by atoms with Gasteiger partial charge >= 0.3 is 0 Å². The van der Waals surface area contributed by atoms with Crippen molar-refractivity contribution in [2.75, 3.05) is 0 Å². The Morgan fingerprint density at radius 2 is 1.55 bits per heavy atom. The van der Waals surface area contributed by atoms with Gasteiger partial charge in [-0.15, -0.1) is 0 Å². The SMILES string of the molecule is Cc1cc(N=C2NC(=O)/C(=C/c3cc(C)n(-c4ccc(C56CC7CC(CC(C7)C5)C6)cc4)c3C)S2)cc(C)c1Br. The van der Waals surface area contributed by atoms with Crippen LogP contribution in [0.15, 0.2) is 56.8 Å². The van der Waals surface area contributed by atoms with E-state index in [2.05, 4.69) is 83.8 Å². The highest BCUT2D eigenvalue weighted by Gasteiger charge is 2.51. The standard InChI is InChI=1S/C34H36BrN3OS/c1-19-9-28(10-20(2)31(19)35)36-33-37-32(39)30(40-33)15-26-11-21(3)38(22(26)4)29-7-5-27(6-8-29)34-16-23-12-24(17-34)14-25(13-23)18-34/h5-11,15,23-25H,12-14,16-18H2,1-4H3,(H,36,37,39)/b30-15-. The van der Waals surface area contributed by atoms with Gasteiger partial charge in [-0.3, -0.25) is 4.79 Å². The molecule has 5 aliphatic rings. The van der Waals surface area contributed by atoms with Crippen LogP contribution in [0.25, 0.3) is 11.8 Å². The van der Waals surface area contributed by atoms with Crippen molar-refractivity contribution in [3.8, 4) is 5.69 Å². The average molecular weight is 615 g/mol. The van der Waals surface area contributed by atoms with Gasteiger partial charge in [0, 0.05) is 21.5 Å². The maximum Gasteiger partial charge on any atom is 0.264 e. The second-order valence-corrected chi connectivity index (χ2v) is 14.6. The smallest absolute Gasteiger partial charge is 0.264 e. The molecule has 8 rings (SSSR count). The van der Waals surface area contributed by atoms with Gasteiger partial charge < -0.3 is 9.88 Å². The molecule has 0 radical (unpaired) electrons. The first-order valence-electron chi connectivity index (χ1n) is 14.5. The molecule has 5 fully saturated rings. The van der Waals surface area contributed by atoms with E-state index in [1.165, 1.54) is 61.7 Å². The third-order valence-electron chi connectivity index (χ3n) is 9.84. The van der Waals surface area contributed by atoms with Crippen molar-refractivity contribution in [1.29, 1.82) is 0 Å². The number of hydrogen-bond donors (Lipinski definition) is 1. The van der Waals surface area contributed by atoms with Crippen LogP contribution in [0.1, 0.15) is 72.2 Å². The van der Waals surface area contributed by atoms with Crippen molar-refractivity contribution in [3.05, 3.63) is 85.5 Å². The van der Waals surface area contributed by atoms with E-state index in [1.807, 2.05) is 18.2 Å². The van der Waals surface area contributed by atoms with Gasteiger partial charge in [-0.25, -0.2) is 4.99 Å². The molecule has 2 heterocycles. The zero-order valence-corrected chi connectivity index (χ0v) is 26.1. The lowest BCUT2D eigenvalue weighted by molar-refractivity contribution is -0.115. The lowest BCUT2D eigenvalue weighted by Crippen LogP contribution is -2.48. The molecule has 1 saturated heterocycles. The molecule has 1 N–H and O–H groups in total. The Balaban J connectivity index is 1.13. The van der Waals surface area contributed by atoms with E-state index >= 15 is 0 Å². The molecule has 4 saturated carbocycles.